The van der Waals surface area contributed by atoms with Crippen molar-refractivity contribution in [3.8, 4) is 0 Å². The minimum Gasteiger partial charge on any atom is -0.376 e. The molecule has 5 nitrogen and oxygen atoms in total. The number of rotatable bonds is 7. The average Bonchev–Trinajstić information content (AvgIpc) is 3.28. The number of halogens is 2. The predicted molar refractivity (Wildman–Crippen MR) is 110 cm³/mol. The molecule has 0 bridgehead atoms. The minimum atomic E-state index is 0.141. The van der Waals surface area contributed by atoms with Crippen molar-refractivity contribution < 1.29 is 9.53 Å². The van der Waals surface area contributed by atoms with Gasteiger partial charge in [-0.25, -0.2) is 4.98 Å². The van der Waals surface area contributed by atoms with Crippen molar-refractivity contribution in [1.82, 2.24) is 14.5 Å². The fraction of sp³-hybridized carbons (Fsp3) is 0.524. The Labute approximate surface area is 175 Å². The Kier molecular flexibility index (Phi) is 6.24. The maximum Gasteiger partial charge on any atom is 0.226 e. The molecule has 1 aliphatic carbocycles. The van der Waals surface area contributed by atoms with Gasteiger partial charge in [0.15, 0.2) is 0 Å². The van der Waals surface area contributed by atoms with Crippen LogP contribution in [0.2, 0.25) is 10.0 Å². The van der Waals surface area contributed by atoms with Gasteiger partial charge in [0.1, 0.15) is 5.82 Å². The van der Waals surface area contributed by atoms with Gasteiger partial charge < -0.3 is 14.2 Å². The first kappa shape index (κ1) is 19.7. The van der Waals surface area contributed by atoms with Crippen molar-refractivity contribution in [2.45, 2.75) is 51.3 Å². The van der Waals surface area contributed by atoms with Crippen molar-refractivity contribution in [3.05, 3.63) is 52.0 Å². The Hall–Kier alpha value is -1.56. The quantitative estimate of drug-likeness (QED) is 0.658. The molecule has 1 aromatic carbocycles. The highest BCUT2D eigenvalue weighted by Crippen LogP contribution is 2.29. The topological polar surface area (TPSA) is 47.4 Å². The number of ether oxygens (including phenoxy) is 1. The molecule has 7 heteroatoms. The summed E-state index contributed by atoms with van der Waals surface area (Å²) in [5.41, 5.74) is 1.05. The zero-order valence-corrected chi connectivity index (χ0v) is 17.3. The molecule has 0 radical (unpaired) electrons. The van der Waals surface area contributed by atoms with E-state index in [1.165, 1.54) is 0 Å². The molecule has 4 rings (SSSR count). The summed E-state index contributed by atoms with van der Waals surface area (Å²) < 4.78 is 7.85. The Morgan fingerprint density at radius 3 is 2.75 bits per heavy atom. The van der Waals surface area contributed by atoms with E-state index in [9.17, 15) is 4.79 Å². The lowest BCUT2D eigenvalue weighted by molar-refractivity contribution is -0.140. The van der Waals surface area contributed by atoms with Crippen molar-refractivity contribution in [2.24, 2.45) is 5.92 Å². The number of carbonyl (C=O) groups is 1. The summed E-state index contributed by atoms with van der Waals surface area (Å²) in [5, 5.41) is 1.09. The van der Waals surface area contributed by atoms with E-state index in [-0.39, 0.29) is 17.9 Å². The first-order chi connectivity index (χ1) is 13.6. The Bertz CT molecular complexity index is 829. The van der Waals surface area contributed by atoms with Gasteiger partial charge in [-0.2, -0.15) is 0 Å². The third kappa shape index (κ3) is 4.53. The summed E-state index contributed by atoms with van der Waals surface area (Å²) in [7, 11) is 0. The smallest absolute Gasteiger partial charge is 0.226 e. The Morgan fingerprint density at radius 2 is 2.07 bits per heavy atom. The number of nitrogens with zero attached hydrogens (tertiary/aromatic N) is 3. The van der Waals surface area contributed by atoms with E-state index >= 15 is 0 Å². The van der Waals surface area contributed by atoms with Gasteiger partial charge >= 0.3 is 0 Å². The number of carbonyl (C=O) groups excluding carboxylic acids is 1. The highest BCUT2D eigenvalue weighted by molar-refractivity contribution is 6.42. The monoisotopic (exact) mass is 421 g/mol. The van der Waals surface area contributed by atoms with E-state index in [0.717, 1.165) is 50.1 Å². The molecule has 2 aliphatic rings. The van der Waals surface area contributed by atoms with Gasteiger partial charge in [-0.1, -0.05) is 35.7 Å². The lowest BCUT2D eigenvalue weighted by atomic mass is 9.84. The van der Waals surface area contributed by atoms with Crippen LogP contribution in [0.4, 0.5) is 0 Å². The van der Waals surface area contributed by atoms with Gasteiger partial charge in [0, 0.05) is 38.0 Å². The molecular weight excluding hydrogens is 397 g/mol. The van der Waals surface area contributed by atoms with E-state index in [2.05, 4.69) is 9.55 Å². The normalized spacial score (nSPS) is 19.6. The maximum atomic E-state index is 13.0. The SMILES string of the molecule is O=C(C1CCC1)N(Cc1nccn1Cc1ccc(Cl)c(Cl)c1)C[C@H]1CCCO1. The summed E-state index contributed by atoms with van der Waals surface area (Å²) in [5.74, 6) is 1.28. The average molecular weight is 422 g/mol. The van der Waals surface area contributed by atoms with Gasteiger partial charge in [-0.3, -0.25) is 4.79 Å². The molecule has 150 valence electrons. The van der Waals surface area contributed by atoms with Crippen LogP contribution in [0.15, 0.2) is 30.6 Å². The second-order valence-electron chi connectivity index (χ2n) is 7.70. The zero-order valence-electron chi connectivity index (χ0n) is 15.8. The van der Waals surface area contributed by atoms with Crippen molar-refractivity contribution in [2.75, 3.05) is 13.2 Å². The number of aromatic nitrogens is 2. The largest absolute Gasteiger partial charge is 0.376 e. The van der Waals surface area contributed by atoms with Crippen LogP contribution in [0.3, 0.4) is 0 Å². The van der Waals surface area contributed by atoms with Crippen LogP contribution < -0.4 is 0 Å². The number of hydrogen-bond acceptors (Lipinski definition) is 3. The predicted octanol–water partition coefficient (Wildman–Crippen LogP) is 4.55. The summed E-state index contributed by atoms with van der Waals surface area (Å²) >= 11 is 12.2. The van der Waals surface area contributed by atoms with Gasteiger partial charge in [0.25, 0.3) is 0 Å². The van der Waals surface area contributed by atoms with E-state index in [1.807, 2.05) is 23.2 Å². The molecule has 1 amide bonds. The Morgan fingerprint density at radius 1 is 1.21 bits per heavy atom. The Balaban J connectivity index is 1.49. The molecule has 1 saturated heterocycles. The molecule has 0 N–H and O–H groups in total. The van der Waals surface area contributed by atoms with E-state index in [4.69, 9.17) is 27.9 Å². The van der Waals surface area contributed by atoms with Crippen molar-refractivity contribution in [1.29, 1.82) is 0 Å². The van der Waals surface area contributed by atoms with Crippen LogP contribution in [-0.2, 0) is 22.6 Å². The van der Waals surface area contributed by atoms with Crippen LogP contribution >= 0.6 is 23.2 Å². The van der Waals surface area contributed by atoms with Crippen molar-refractivity contribution in [3.63, 3.8) is 0 Å². The maximum absolute atomic E-state index is 13.0. The van der Waals surface area contributed by atoms with Crippen LogP contribution in [-0.4, -0.2) is 39.6 Å². The van der Waals surface area contributed by atoms with Crippen molar-refractivity contribution >= 4 is 29.1 Å². The van der Waals surface area contributed by atoms with Gasteiger partial charge in [-0.05, 0) is 43.4 Å². The van der Waals surface area contributed by atoms with E-state index in [1.54, 1.807) is 12.3 Å². The van der Waals surface area contributed by atoms with Crippen LogP contribution in [0.5, 0.6) is 0 Å². The third-order valence-electron chi connectivity index (χ3n) is 5.69. The second-order valence-corrected chi connectivity index (χ2v) is 8.52. The molecule has 2 fully saturated rings. The molecule has 1 aromatic heterocycles. The lowest BCUT2D eigenvalue weighted by Crippen LogP contribution is -2.42. The summed E-state index contributed by atoms with van der Waals surface area (Å²) in [6.45, 7) is 2.58. The molecule has 28 heavy (non-hydrogen) atoms. The molecule has 0 spiro atoms. The van der Waals surface area contributed by atoms with Crippen LogP contribution in [0.25, 0.3) is 0 Å². The molecular formula is C21H25Cl2N3O2. The fourth-order valence-electron chi connectivity index (χ4n) is 3.82. The van der Waals surface area contributed by atoms with Crippen LogP contribution in [0, 0.1) is 5.92 Å². The minimum absolute atomic E-state index is 0.141. The number of hydrogen-bond donors (Lipinski definition) is 0. The molecule has 1 saturated carbocycles. The summed E-state index contributed by atoms with van der Waals surface area (Å²) in [6.07, 6.45) is 9.10. The molecule has 1 aliphatic heterocycles. The third-order valence-corrected chi connectivity index (χ3v) is 6.42. The molecule has 2 aromatic rings. The molecule has 1 atom stereocenters. The fourth-order valence-corrected chi connectivity index (χ4v) is 4.14. The highest BCUT2D eigenvalue weighted by atomic mass is 35.5. The molecule has 2 heterocycles. The number of amides is 1. The zero-order chi connectivity index (χ0) is 19.5. The first-order valence-corrected chi connectivity index (χ1v) is 10.7. The second kappa shape index (κ2) is 8.85. The van der Waals surface area contributed by atoms with Gasteiger partial charge in [0.05, 0.1) is 22.7 Å². The summed E-state index contributed by atoms with van der Waals surface area (Å²) in [6, 6.07) is 5.64. The highest BCUT2D eigenvalue weighted by Gasteiger charge is 2.32. The van der Waals surface area contributed by atoms with E-state index in [0.29, 0.717) is 29.7 Å². The van der Waals surface area contributed by atoms with Gasteiger partial charge in [0.2, 0.25) is 5.91 Å². The summed E-state index contributed by atoms with van der Waals surface area (Å²) in [4.78, 5) is 19.5. The van der Waals surface area contributed by atoms with E-state index < -0.39 is 0 Å². The first-order valence-electron chi connectivity index (χ1n) is 9.94. The number of benzene rings is 1. The lowest BCUT2D eigenvalue weighted by Gasteiger charge is -2.33. The standard InChI is InChI=1S/C21H25Cl2N3O2/c22-18-7-6-15(11-19(18)23)12-25-9-8-24-20(25)14-26(13-17-5-2-10-28-17)21(27)16-3-1-4-16/h6-9,11,16-17H,1-5,10,12-14H2/t17-/m1/s1. The number of imidazole rings is 1. The molecule has 0 unspecified atom stereocenters. The van der Waals surface area contributed by atoms with Gasteiger partial charge in [-0.15, -0.1) is 0 Å². The van der Waals surface area contributed by atoms with Crippen LogP contribution in [0.1, 0.15) is 43.5 Å².